The monoisotopic (exact) mass is 435 g/mol. The number of aromatic nitrogens is 2. The van der Waals surface area contributed by atoms with Crippen molar-refractivity contribution < 1.29 is 4.74 Å². The normalized spacial score (nSPS) is 51.8. The molecule has 6 aliphatic rings. The highest BCUT2D eigenvalue weighted by Crippen LogP contribution is 2.67. The summed E-state index contributed by atoms with van der Waals surface area (Å²) in [5.74, 6) is 4.57. The summed E-state index contributed by atoms with van der Waals surface area (Å²) in [6.45, 7) is 11.1. The molecule has 4 nitrogen and oxygen atoms in total. The molecule has 174 valence electrons. The van der Waals surface area contributed by atoms with Gasteiger partial charge in [-0.25, -0.2) is 0 Å². The second-order valence-corrected chi connectivity index (χ2v) is 12.8. The first-order chi connectivity index (χ1) is 15.4. The molecular formula is C28H41N3O. The maximum absolute atomic E-state index is 7.09. The fourth-order valence-electron chi connectivity index (χ4n) is 9.99. The lowest BCUT2D eigenvalue weighted by Gasteiger charge is -2.52. The minimum atomic E-state index is -0.00365. The van der Waals surface area contributed by atoms with Crippen molar-refractivity contribution in [3.63, 3.8) is 0 Å². The molecule has 10 atom stereocenters. The number of aromatic amines is 1. The number of H-pyrrole nitrogens is 1. The van der Waals surface area contributed by atoms with Crippen molar-refractivity contribution in [2.24, 2.45) is 35.0 Å². The van der Waals surface area contributed by atoms with Gasteiger partial charge in [-0.05, 0) is 111 Å². The molecule has 4 heteroatoms. The fraction of sp³-hybridized carbons (Fsp3) is 0.821. The van der Waals surface area contributed by atoms with Crippen LogP contribution in [0.25, 0.3) is 0 Å². The Labute approximate surface area is 193 Å². The summed E-state index contributed by atoms with van der Waals surface area (Å²) in [5, 5.41) is 11.6. The standard InChI is InChI=1S/C28H41N3O/c1-15-11-25-26(29-13-15)17(3)28(32-25)10-7-18-19-5-6-22-21-14-30-31-24(21)8-9-27(22,4)23(19)12-20(18)16(28)2/h14-15,17-19,22-23,25-26,29H,5-13H2,1-4H3,(H,30,31)/t15-,17+,18-,19-,22+,23-,25+,26-,27-,28-/m0/s1. The molecule has 0 aromatic carbocycles. The zero-order chi connectivity index (χ0) is 21.8. The number of fused-ring (bicyclic) bond motifs is 8. The van der Waals surface area contributed by atoms with Crippen LogP contribution in [0.5, 0.6) is 0 Å². The van der Waals surface area contributed by atoms with Gasteiger partial charge in [-0.1, -0.05) is 26.3 Å². The molecule has 0 radical (unpaired) electrons. The number of nitrogens with one attached hydrogen (secondary N) is 2. The Hall–Kier alpha value is -1.13. The van der Waals surface area contributed by atoms with Gasteiger partial charge in [-0.2, -0.15) is 5.10 Å². The molecule has 1 aromatic rings. The summed E-state index contributed by atoms with van der Waals surface area (Å²) in [7, 11) is 0. The van der Waals surface area contributed by atoms with Crippen LogP contribution in [0.2, 0.25) is 0 Å². The van der Waals surface area contributed by atoms with Crippen molar-refractivity contribution in [2.75, 3.05) is 6.54 Å². The number of hydrogen-bond acceptors (Lipinski definition) is 3. The van der Waals surface area contributed by atoms with E-state index in [9.17, 15) is 0 Å². The zero-order valence-electron chi connectivity index (χ0n) is 20.4. The molecule has 7 rings (SSSR count). The highest BCUT2D eigenvalue weighted by atomic mass is 16.5. The molecule has 0 unspecified atom stereocenters. The molecule has 4 fully saturated rings. The van der Waals surface area contributed by atoms with Crippen LogP contribution in [0, 0.1) is 35.0 Å². The predicted octanol–water partition coefficient (Wildman–Crippen LogP) is 5.37. The molecule has 2 N–H and O–H groups in total. The molecular weight excluding hydrogens is 394 g/mol. The van der Waals surface area contributed by atoms with E-state index in [4.69, 9.17) is 4.74 Å². The average molecular weight is 436 g/mol. The van der Waals surface area contributed by atoms with Gasteiger partial charge < -0.3 is 10.1 Å². The number of hydrogen-bond donors (Lipinski definition) is 2. The van der Waals surface area contributed by atoms with Crippen molar-refractivity contribution >= 4 is 0 Å². The van der Waals surface area contributed by atoms with E-state index in [0.717, 1.165) is 30.2 Å². The molecule has 0 amide bonds. The van der Waals surface area contributed by atoms with Gasteiger partial charge >= 0.3 is 0 Å². The number of rotatable bonds is 0. The van der Waals surface area contributed by atoms with Gasteiger partial charge in [0.1, 0.15) is 0 Å². The summed E-state index contributed by atoms with van der Waals surface area (Å²) in [5.41, 5.74) is 6.88. The predicted molar refractivity (Wildman–Crippen MR) is 126 cm³/mol. The van der Waals surface area contributed by atoms with Gasteiger partial charge in [-0.3, -0.25) is 5.10 Å². The van der Waals surface area contributed by atoms with Crippen molar-refractivity contribution in [1.29, 1.82) is 0 Å². The number of aryl methyl sites for hydroxylation is 1. The van der Waals surface area contributed by atoms with Crippen LogP contribution >= 0.6 is 0 Å². The highest BCUT2D eigenvalue weighted by molar-refractivity contribution is 5.38. The van der Waals surface area contributed by atoms with Crippen molar-refractivity contribution in [2.45, 2.75) is 103 Å². The maximum Gasteiger partial charge on any atom is 0.0937 e. The average Bonchev–Trinajstić information content (AvgIpc) is 3.46. The van der Waals surface area contributed by atoms with Gasteiger partial charge in [-0.15, -0.1) is 0 Å². The summed E-state index contributed by atoms with van der Waals surface area (Å²) < 4.78 is 7.09. The summed E-state index contributed by atoms with van der Waals surface area (Å²) in [6.07, 6.45) is 13.0. The second kappa shape index (κ2) is 6.72. The Kier molecular flexibility index (Phi) is 4.25. The third kappa shape index (κ3) is 2.44. The van der Waals surface area contributed by atoms with Gasteiger partial charge in [0.2, 0.25) is 0 Å². The van der Waals surface area contributed by atoms with Gasteiger partial charge in [0.25, 0.3) is 0 Å². The molecule has 2 saturated heterocycles. The third-order valence-electron chi connectivity index (χ3n) is 11.7. The molecule has 1 spiro atoms. The highest BCUT2D eigenvalue weighted by Gasteiger charge is 2.61. The second-order valence-electron chi connectivity index (χ2n) is 12.8. The van der Waals surface area contributed by atoms with E-state index in [1.165, 1.54) is 57.1 Å². The van der Waals surface area contributed by atoms with Crippen molar-refractivity contribution in [3.05, 3.63) is 28.6 Å². The minimum absolute atomic E-state index is 0.00365. The first-order valence-corrected chi connectivity index (χ1v) is 13.6. The quantitative estimate of drug-likeness (QED) is 0.538. The van der Waals surface area contributed by atoms with Crippen LogP contribution < -0.4 is 5.32 Å². The van der Waals surface area contributed by atoms with E-state index in [2.05, 4.69) is 49.4 Å². The lowest BCUT2D eigenvalue weighted by Crippen LogP contribution is -2.49. The van der Waals surface area contributed by atoms with Crippen LogP contribution in [0.15, 0.2) is 17.3 Å². The molecule has 3 heterocycles. The minimum Gasteiger partial charge on any atom is -0.365 e. The van der Waals surface area contributed by atoms with Gasteiger partial charge in [0.15, 0.2) is 0 Å². The third-order valence-corrected chi connectivity index (χ3v) is 11.7. The largest absolute Gasteiger partial charge is 0.365 e. The Morgan fingerprint density at radius 2 is 2.03 bits per heavy atom. The molecule has 2 aliphatic heterocycles. The topological polar surface area (TPSA) is 49.9 Å². The number of nitrogens with zero attached hydrogens (tertiary/aromatic N) is 1. The Bertz CT molecular complexity index is 966. The smallest absolute Gasteiger partial charge is 0.0937 e. The summed E-state index contributed by atoms with van der Waals surface area (Å²) in [4.78, 5) is 0. The van der Waals surface area contributed by atoms with Crippen molar-refractivity contribution in [1.82, 2.24) is 15.5 Å². The zero-order valence-corrected chi connectivity index (χ0v) is 20.4. The van der Waals surface area contributed by atoms with E-state index in [1.54, 1.807) is 11.1 Å². The van der Waals surface area contributed by atoms with E-state index in [-0.39, 0.29) is 5.60 Å². The summed E-state index contributed by atoms with van der Waals surface area (Å²) in [6, 6.07) is 0.543. The SMILES string of the molecule is CC1=C2C[C@H]3[C@@H](CC[C@@H]4c5cn[nH]c5CC[C@@]43C)[C@@H]2CC[C@]12O[C@@H]1C[C@H](C)CN[C@H]1[C@H]2C. The van der Waals surface area contributed by atoms with Crippen LogP contribution in [0.3, 0.4) is 0 Å². The Balaban J connectivity index is 1.24. The molecule has 2 saturated carbocycles. The number of piperidine rings is 1. The fourth-order valence-corrected chi connectivity index (χ4v) is 9.99. The van der Waals surface area contributed by atoms with E-state index < -0.39 is 0 Å². The molecule has 4 aliphatic carbocycles. The molecule has 0 bridgehead atoms. The molecule has 1 aromatic heterocycles. The Morgan fingerprint density at radius 3 is 2.91 bits per heavy atom. The van der Waals surface area contributed by atoms with Crippen LogP contribution in [-0.4, -0.2) is 34.5 Å². The lowest BCUT2D eigenvalue weighted by molar-refractivity contribution is -0.0560. The summed E-state index contributed by atoms with van der Waals surface area (Å²) >= 11 is 0. The first-order valence-electron chi connectivity index (χ1n) is 13.6. The van der Waals surface area contributed by atoms with E-state index in [1.807, 2.05) is 5.57 Å². The maximum atomic E-state index is 7.09. The number of ether oxygens (including phenoxy) is 1. The lowest BCUT2D eigenvalue weighted by atomic mass is 9.52. The van der Waals surface area contributed by atoms with Crippen LogP contribution in [0.4, 0.5) is 0 Å². The molecule has 32 heavy (non-hydrogen) atoms. The van der Waals surface area contributed by atoms with Gasteiger partial charge in [0, 0.05) is 17.7 Å². The van der Waals surface area contributed by atoms with E-state index in [0.29, 0.717) is 29.4 Å². The van der Waals surface area contributed by atoms with E-state index >= 15 is 0 Å². The Morgan fingerprint density at radius 1 is 1.16 bits per heavy atom. The van der Waals surface area contributed by atoms with Crippen LogP contribution in [0.1, 0.15) is 89.8 Å². The first kappa shape index (κ1) is 20.3. The number of allylic oxidation sites excluding steroid dienone is 1. The van der Waals surface area contributed by atoms with Gasteiger partial charge in [0.05, 0.1) is 17.9 Å². The van der Waals surface area contributed by atoms with Crippen LogP contribution in [-0.2, 0) is 11.2 Å². The van der Waals surface area contributed by atoms with Crippen molar-refractivity contribution in [3.8, 4) is 0 Å².